The first-order chi connectivity index (χ1) is 6.27. The summed E-state index contributed by atoms with van der Waals surface area (Å²) < 4.78 is 12.6. The van der Waals surface area contributed by atoms with Gasteiger partial charge in [-0.15, -0.1) is 0 Å². The zero-order chi connectivity index (χ0) is 9.68. The molecule has 0 fully saturated rings. The fourth-order valence-electron chi connectivity index (χ4n) is 0.729. The van der Waals surface area contributed by atoms with Crippen LogP contribution in [-0.4, -0.2) is 17.6 Å². The Kier molecular flexibility index (Phi) is 2.87. The lowest BCUT2D eigenvalue weighted by Crippen LogP contribution is -1.92. The van der Waals surface area contributed by atoms with Gasteiger partial charge in [-0.1, -0.05) is 5.92 Å². The van der Waals surface area contributed by atoms with Crippen molar-refractivity contribution in [3.63, 3.8) is 0 Å². The number of carbonyl (C=O) groups excluding carboxylic acids is 2. The van der Waals surface area contributed by atoms with Gasteiger partial charge in [-0.05, 0) is 12.0 Å². The second-order valence-electron chi connectivity index (χ2n) is 2.11. The first-order valence-electron chi connectivity index (χ1n) is 3.34. The number of aromatic nitrogens is 1. The molecular formula is C9H4FNO2. The lowest BCUT2D eigenvalue weighted by atomic mass is 10.2. The van der Waals surface area contributed by atoms with E-state index in [0.29, 0.717) is 18.1 Å². The van der Waals surface area contributed by atoms with Crippen LogP contribution in [0.1, 0.15) is 15.9 Å². The van der Waals surface area contributed by atoms with Crippen LogP contribution in [0.15, 0.2) is 12.3 Å². The molecule has 0 bridgehead atoms. The highest BCUT2D eigenvalue weighted by Crippen LogP contribution is 2.03. The number of nitrogens with zero attached hydrogens (tertiary/aromatic N) is 1. The van der Waals surface area contributed by atoms with E-state index in [4.69, 9.17) is 0 Å². The molecule has 0 aliphatic heterocycles. The second kappa shape index (κ2) is 4.12. The highest BCUT2D eigenvalue weighted by Gasteiger charge is 2.01. The van der Waals surface area contributed by atoms with E-state index in [1.165, 1.54) is 6.07 Å². The molecular weight excluding hydrogens is 173 g/mol. The fourth-order valence-corrected chi connectivity index (χ4v) is 0.729. The van der Waals surface area contributed by atoms with Gasteiger partial charge in [0, 0.05) is 11.8 Å². The van der Waals surface area contributed by atoms with Crippen LogP contribution in [-0.2, 0) is 4.79 Å². The Hall–Kier alpha value is -2.02. The number of pyridine rings is 1. The molecule has 0 saturated heterocycles. The van der Waals surface area contributed by atoms with Gasteiger partial charge in [0.05, 0.1) is 5.56 Å². The van der Waals surface area contributed by atoms with Gasteiger partial charge in [0.2, 0.25) is 5.95 Å². The van der Waals surface area contributed by atoms with E-state index >= 15 is 0 Å². The third-order valence-electron chi connectivity index (χ3n) is 1.27. The van der Waals surface area contributed by atoms with Crippen LogP contribution in [0, 0.1) is 17.8 Å². The standard InChI is InChI=1S/C9H4FNO2/c10-9-8(6-13)4-7(5-11-9)2-1-3-12/h3-6H. The first-order valence-corrected chi connectivity index (χ1v) is 3.34. The summed E-state index contributed by atoms with van der Waals surface area (Å²) >= 11 is 0. The van der Waals surface area contributed by atoms with E-state index in [0.717, 1.165) is 6.20 Å². The van der Waals surface area contributed by atoms with Crippen LogP contribution in [0.3, 0.4) is 0 Å². The van der Waals surface area contributed by atoms with Crippen LogP contribution >= 0.6 is 0 Å². The maximum Gasteiger partial charge on any atom is 0.223 e. The minimum absolute atomic E-state index is 0.169. The lowest BCUT2D eigenvalue weighted by Gasteiger charge is -1.93. The average Bonchev–Trinajstić information content (AvgIpc) is 2.16. The lowest BCUT2D eigenvalue weighted by molar-refractivity contribution is -0.103. The van der Waals surface area contributed by atoms with Gasteiger partial charge in [0.15, 0.2) is 12.6 Å². The van der Waals surface area contributed by atoms with Crippen molar-refractivity contribution >= 4 is 12.6 Å². The third kappa shape index (κ3) is 2.20. The molecule has 1 aromatic heterocycles. The molecule has 4 heteroatoms. The number of hydrogen-bond donors (Lipinski definition) is 0. The molecule has 64 valence electrons. The summed E-state index contributed by atoms with van der Waals surface area (Å²) in [6.45, 7) is 0. The van der Waals surface area contributed by atoms with Crippen molar-refractivity contribution in [2.75, 3.05) is 0 Å². The van der Waals surface area contributed by atoms with Crippen molar-refractivity contribution in [1.29, 1.82) is 0 Å². The molecule has 0 amide bonds. The number of aldehydes is 2. The Bertz CT molecular complexity index is 404. The van der Waals surface area contributed by atoms with E-state index in [1.807, 2.05) is 0 Å². The SMILES string of the molecule is O=CC#Cc1cnc(F)c(C=O)c1. The zero-order valence-corrected chi connectivity index (χ0v) is 6.45. The van der Waals surface area contributed by atoms with Crippen LogP contribution in [0.4, 0.5) is 4.39 Å². The van der Waals surface area contributed by atoms with Crippen LogP contribution in [0.25, 0.3) is 0 Å². The third-order valence-corrected chi connectivity index (χ3v) is 1.27. The Labute approximate surface area is 73.6 Å². The molecule has 1 aromatic rings. The summed E-state index contributed by atoms with van der Waals surface area (Å²) in [5, 5.41) is 0. The van der Waals surface area contributed by atoms with Crippen molar-refractivity contribution in [3.05, 3.63) is 29.3 Å². The molecule has 1 rings (SSSR count). The number of rotatable bonds is 1. The smallest absolute Gasteiger partial charge is 0.223 e. The van der Waals surface area contributed by atoms with Gasteiger partial charge in [0.1, 0.15) is 0 Å². The fraction of sp³-hybridized carbons (Fsp3) is 0. The predicted octanol–water partition coefficient (Wildman–Crippen LogP) is 0.584. The zero-order valence-electron chi connectivity index (χ0n) is 6.45. The summed E-state index contributed by atoms with van der Waals surface area (Å²) in [4.78, 5) is 23.4. The minimum Gasteiger partial charge on any atom is -0.298 e. The van der Waals surface area contributed by atoms with Crippen LogP contribution < -0.4 is 0 Å². The first kappa shape index (κ1) is 9.07. The van der Waals surface area contributed by atoms with Gasteiger partial charge in [-0.25, -0.2) is 4.98 Å². The van der Waals surface area contributed by atoms with E-state index in [1.54, 1.807) is 0 Å². The Morgan fingerprint density at radius 3 is 2.85 bits per heavy atom. The van der Waals surface area contributed by atoms with Crippen molar-refractivity contribution in [1.82, 2.24) is 4.98 Å². The Morgan fingerprint density at radius 2 is 2.23 bits per heavy atom. The summed E-state index contributed by atoms with van der Waals surface area (Å²) in [5.74, 6) is 3.68. The molecule has 0 radical (unpaired) electrons. The van der Waals surface area contributed by atoms with Gasteiger partial charge >= 0.3 is 0 Å². The maximum absolute atomic E-state index is 12.6. The molecule has 3 nitrogen and oxygen atoms in total. The normalized spacial score (nSPS) is 8.38. The van der Waals surface area contributed by atoms with E-state index < -0.39 is 5.95 Å². The maximum atomic E-state index is 12.6. The van der Waals surface area contributed by atoms with E-state index in [9.17, 15) is 14.0 Å². The summed E-state index contributed by atoms with van der Waals surface area (Å²) in [7, 11) is 0. The van der Waals surface area contributed by atoms with Gasteiger partial charge < -0.3 is 0 Å². The topological polar surface area (TPSA) is 47.0 Å². The van der Waals surface area contributed by atoms with Crippen molar-refractivity contribution < 1.29 is 14.0 Å². The molecule has 0 saturated carbocycles. The number of hydrogen-bond acceptors (Lipinski definition) is 3. The van der Waals surface area contributed by atoms with Crippen LogP contribution in [0.5, 0.6) is 0 Å². The molecule has 0 aliphatic carbocycles. The molecule has 0 aromatic carbocycles. The average molecular weight is 177 g/mol. The predicted molar refractivity (Wildman–Crippen MR) is 42.5 cm³/mol. The Balaban J connectivity index is 3.13. The molecule has 1 heterocycles. The Morgan fingerprint density at radius 1 is 1.46 bits per heavy atom. The summed E-state index contributed by atoms with van der Waals surface area (Å²) in [5.41, 5.74) is 0.160. The quantitative estimate of drug-likeness (QED) is 0.358. The van der Waals surface area contributed by atoms with Gasteiger partial charge in [0.25, 0.3) is 0 Å². The molecule has 0 atom stereocenters. The largest absolute Gasteiger partial charge is 0.298 e. The minimum atomic E-state index is -0.841. The number of carbonyl (C=O) groups is 2. The summed E-state index contributed by atoms with van der Waals surface area (Å²) in [6.07, 6.45) is 1.90. The molecule has 13 heavy (non-hydrogen) atoms. The molecule has 0 unspecified atom stereocenters. The van der Waals surface area contributed by atoms with Crippen molar-refractivity contribution in [2.24, 2.45) is 0 Å². The molecule has 0 aliphatic rings. The van der Waals surface area contributed by atoms with E-state index in [2.05, 4.69) is 16.8 Å². The number of halogens is 1. The van der Waals surface area contributed by atoms with E-state index in [-0.39, 0.29) is 5.56 Å². The second-order valence-corrected chi connectivity index (χ2v) is 2.11. The van der Waals surface area contributed by atoms with Crippen LogP contribution in [0.2, 0.25) is 0 Å². The highest BCUT2D eigenvalue weighted by atomic mass is 19.1. The van der Waals surface area contributed by atoms with Gasteiger partial charge in [-0.3, -0.25) is 9.59 Å². The van der Waals surface area contributed by atoms with Gasteiger partial charge in [-0.2, -0.15) is 4.39 Å². The molecule has 0 N–H and O–H groups in total. The highest BCUT2D eigenvalue weighted by molar-refractivity contribution is 5.77. The monoisotopic (exact) mass is 177 g/mol. The summed E-state index contributed by atoms with van der Waals surface area (Å²) in [6, 6.07) is 1.23. The van der Waals surface area contributed by atoms with Crippen molar-refractivity contribution in [3.8, 4) is 11.8 Å². The molecule has 0 spiro atoms. The van der Waals surface area contributed by atoms with Crippen molar-refractivity contribution in [2.45, 2.75) is 0 Å².